The van der Waals surface area contributed by atoms with Gasteiger partial charge in [0.05, 0.1) is 36.0 Å². The Kier molecular flexibility index (Phi) is 8.99. The normalized spacial score (nSPS) is 20.3. The maximum absolute atomic E-state index is 12.8. The number of anilines is 1. The van der Waals surface area contributed by atoms with Crippen molar-refractivity contribution in [2.75, 3.05) is 31.2 Å². The average Bonchev–Trinajstić information content (AvgIpc) is 3.45. The quantitative estimate of drug-likeness (QED) is 0.253. The highest BCUT2D eigenvalue weighted by Crippen LogP contribution is 2.37. The molecule has 46 heavy (non-hydrogen) atoms. The van der Waals surface area contributed by atoms with E-state index in [0.29, 0.717) is 35.9 Å². The minimum absolute atomic E-state index is 0.0583. The zero-order valence-electron chi connectivity index (χ0n) is 27.0. The molecule has 1 saturated heterocycles. The summed E-state index contributed by atoms with van der Waals surface area (Å²) in [6, 6.07) is 14.8. The van der Waals surface area contributed by atoms with Gasteiger partial charge in [-0.1, -0.05) is 18.2 Å². The van der Waals surface area contributed by atoms with Crippen molar-refractivity contribution in [3.05, 3.63) is 65.4 Å². The second-order valence-electron chi connectivity index (χ2n) is 12.6. The number of nitrogens with zero attached hydrogens (tertiary/aromatic N) is 4. The van der Waals surface area contributed by atoms with Crippen LogP contribution in [0.25, 0.3) is 28.0 Å². The Labute approximate surface area is 269 Å². The number of rotatable bonds is 4. The van der Waals surface area contributed by atoms with Crippen LogP contribution in [0.1, 0.15) is 74.5 Å². The van der Waals surface area contributed by atoms with Crippen molar-refractivity contribution in [1.29, 1.82) is 0 Å². The summed E-state index contributed by atoms with van der Waals surface area (Å²) in [5.74, 6) is 0.198. The van der Waals surface area contributed by atoms with E-state index in [4.69, 9.17) is 24.3 Å². The summed E-state index contributed by atoms with van der Waals surface area (Å²) in [7, 11) is 0. The minimum Gasteiger partial charge on any atom is -0.490 e. The van der Waals surface area contributed by atoms with Gasteiger partial charge in [-0.3, -0.25) is 4.79 Å². The van der Waals surface area contributed by atoms with Gasteiger partial charge in [0.25, 0.3) is 0 Å². The molecule has 242 valence electrons. The van der Waals surface area contributed by atoms with Crippen molar-refractivity contribution in [3.63, 3.8) is 0 Å². The number of aromatic carboxylic acids is 1. The third-order valence-corrected chi connectivity index (χ3v) is 9.11. The third-order valence-electron chi connectivity index (χ3n) is 9.11. The molecule has 1 unspecified atom stereocenters. The summed E-state index contributed by atoms with van der Waals surface area (Å²) in [5, 5.41) is 14.8. The Morgan fingerprint density at radius 3 is 2.63 bits per heavy atom. The number of benzene rings is 2. The molecule has 10 nitrogen and oxygen atoms in total. The van der Waals surface area contributed by atoms with Crippen LogP contribution in [0.2, 0.25) is 0 Å². The molecule has 1 atom stereocenters. The van der Waals surface area contributed by atoms with E-state index < -0.39 is 5.97 Å². The van der Waals surface area contributed by atoms with Gasteiger partial charge < -0.3 is 24.2 Å². The molecule has 2 aromatic heterocycles. The molecule has 4 aromatic rings. The molecule has 0 saturated carbocycles. The molecule has 3 aliphatic rings. The molecule has 2 aromatic carbocycles. The fourth-order valence-electron chi connectivity index (χ4n) is 6.47. The molecule has 1 fully saturated rings. The highest BCUT2D eigenvalue weighted by molar-refractivity contribution is 5.91. The number of piperidine rings is 1. The summed E-state index contributed by atoms with van der Waals surface area (Å²) < 4.78 is 20.1. The van der Waals surface area contributed by atoms with Crippen molar-refractivity contribution in [2.24, 2.45) is 0 Å². The van der Waals surface area contributed by atoms with Crippen LogP contribution in [0.4, 0.5) is 5.82 Å². The number of carboxylic acid groups (broad SMARTS) is 1. The van der Waals surface area contributed by atoms with E-state index >= 15 is 0 Å². The molecule has 7 rings (SSSR count). The number of hydrogen-bond acceptors (Lipinski definition) is 8. The lowest BCUT2D eigenvalue weighted by Crippen LogP contribution is -2.45. The monoisotopic (exact) mass is 626 g/mol. The lowest BCUT2D eigenvalue weighted by atomic mass is 9.92. The Hall–Kier alpha value is -4.44. The number of carboxylic acids is 1. The first-order valence-corrected chi connectivity index (χ1v) is 16.2. The van der Waals surface area contributed by atoms with E-state index in [1.165, 1.54) is 0 Å². The van der Waals surface area contributed by atoms with E-state index in [1.807, 2.05) is 48.7 Å². The van der Waals surface area contributed by atoms with E-state index in [9.17, 15) is 14.7 Å². The van der Waals surface area contributed by atoms with Crippen LogP contribution in [0.15, 0.2) is 48.5 Å². The molecule has 3 aliphatic heterocycles. The van der Waals surface area contributed by atoms with Gasteiger partial charge in [0, 0.05) is 48.1 Å². The first-order chi connectivity index (χ1) is 22.1. The maximum atomic E-state index is 12.8. The summed E-state index contributed by atoms with van der Waals surface area (Å²) in [5.41, 5.74) is 5.31. The predicted molar refractivity (Wildman–Crippen MR) is 176 cm³/mol. The summed E-state index contributed by atoms with van der Waals surface area (Å²) in [4.78, 5) is 31.9. The molecule has 0 amide bonds. The van der Waals surface area contributed by atoms with Crippen LogP contribution in [0.3, 0.4) is 0 Å². The van der Waals surface area contributed by atoms with Crippen LogP contribution >= 0.6 is 0 Å². The highest BCUT2D eigenvalue weighted by atomic mass is 16.5. The third kappa shape index (κ3) is 6.58. The smallest absolute Gasteiger partial charge is 0.335 e. The van der Waals surface area contributed by atoms with Gasteiger partial charge in [0.1, 0.15) is 11.6 Å². The molecule has 1 N–H and O–H groups in total. The van der Waals surface area contributed by atoms with Crippen LogP contribution in [-0.4, -0.2) is 69.7 Å². The van der Waals surface area contributed by atoms with Crippen LogP contribution in [-0.2, 0) is 20.7 Å². The Morgan fingerprint density at radius 2 is 1.87 bits per heavy atom. The molecular weight excluding hydrogens is 584 g/mol. The lowest BCUT2D eigenvalue weighted by Gasteiger charge is -2.41. The molecular formula is C36H42N4O6. The first kappa shape index (κ1) is 31.5. The molecule has 6 bridgehead atoms. The maximum Gasteiger partial charge on any atom is 0.335 e. The predicted octanol–water partition coefficient (Wildman–Crippen LogP) is 6.50. The second kappa shape index (κ2) is 13.1. The number of fused-ring (bicyclic) bond motifs is 8. The Balaban J connectivity index is 1.50. The van der Waals surface area contributed by atoms with Gasteiger partial charge in [-0.15, -0.1) is 0 Å². The van der Waals surface area contributed by atoms with Crippen LogP contribution in [0, 0.1) is 6.92 Å². The van der Waals surface area contributed by atoms with E-state index in [-0.39, 0.29) is 29.7 Å². The van der Waals surface area contributed by atoms with Gasteiger partial charge in [0.15, 0.2) is 5.65 Å². The van der Waals surface area contributed by atoms with Crippen molar-refractivity contribution in [3.8, 4) is 28.1 Å². The zero-order valence-corrected chi connectivity index (χ0v) is 27.0. The fraction of sp³-hybridized carbons (Fsp3) is 0.444. The number of esters is 1. The fourth-order valence-corrected chi connectivity index (χ4v) is 6.47. The molecule has 0 radical (unpaired) electrons. The molecule has 0 aliphatic carbocycles. The van der Waals surface area contributed by atoms with Gasteiger partial charge in [-0.2, -0.15) is 9.61 Å². The number of ether oxygens (including phenoxy) is 3. The number of carbonyl (C=O) groups excluding carboxylic acids is 1. The Morgan fingerprint density at radius 1 is 1.09 bits per heavy atom. The van der Waals surface area contributed by atoms with Crippen molar-refractivity contribution < 1.29 is 28.9 Å². The summed E-state index contributed by atoms with van der Waals surface area (Å²) in [6.45, 7) is 10.5. The largest absolute Gasteiger partial charge is 0.490 e. The van der Waals surface area contributed by atoms with Gasteiger partial charge in [-0.25, -0.2) is 9.78 Å². The number of aromatic nitrogens is 3. The van der Waals surface area contributed by atoms with Crippen molar-refractivity contribution in [2.45, 2.75) is 77.9 Å². The Bertz CT molecular complexity index is 1760. The number of hydrogen-bond donors (Lipinski definition) is 1. The highest BCUT2D eigenvalue weighted by Gasteiger charge is 2.33. The average molecular weight is 627 g/mol. The lowest BCUT2D eigenvalue weighted by molar-refractivity contribution is -0.142. The van der Waals surface area contributed by atoms with Crippen molar-refractivity contribution in [1.82, 2.24) is 14.6 Å². The SMILES string of the molecule is CCOC(=O)Cc1c(C)nc2cc3nn2c1N1CCC(C)(CC1)OCCCCC(C)Oc1ccc(C(=O)O)cc1-c1cccc-3c1. The van der Waals surface area contributed by atoms with Gasteiger partial charge in [-0.05, 0) is 89.6 Å². The van der Waals surface area contributed by atoms with Crippen molar-refractivity contribution >= 4 is 23.4 Å². The standard InChI is InChI=1S/C36H42N4O6/c1-5-44-33(41)21-28-24(3)37-32-22-30-26-11-8-10-25(19-26)29-20-27(35(42)43)12-13-31(29)46-23(2)9-6-7-18-45-36(4)14-16-39(17-15-36)34(28)40(32)38-30/h8,10-13,19-20,22-23H,5-7,9,14-18,21H2,1-4H3,(H,42,43). The topological polar surface area (TPSA) is 115 Å². The minimum atomic E-state index is -0.996. The summed E-state index contributed by atoms with van der Waals surface area (Å²) in [6.07, 6.45) is 4.46. The van der Waals surface area contributed by atoms with Crippen LogP contribution < -0.4 is 9.64 Å². The zero-order chi connectivity index (χ0) is 32.4. The molecule has 0 spiro atoms. The van der Waals surface area contributed by atoms with E-state index in [2.05, 4.69) is 18.7 Å². The van der Waals surface area contributed by atoms with E-state index in [0.717, 1.165) is 73.4 Å². The van der Waals surface area contributed by atoms with Gasteiger partial charge in [0.2, 0.25) is 0 Å². The first-order valence-electron chi connectivity index (χ1n) is 16.2. The van der Waals surface area contributed by atoms with E-state index in [1.54, 1.807) is 18.2 Å². The molecule has 5 heterocycles. The van der Waals surface area contributed by atoms with Crippen LogP contribution in [0.5, 0.6) is 5.75 Å². The molecule has 10 heteroatoms. The second-order valence-corrected chi connectivity index (χ2v) is 12.6. The summed E-state index contributed by atoms with van der Waals surface area (Å²) >= 11 is 0. The number of carbonyl (C=O) groups is 2. The van der Waals surface area contributed by atoms with Gasteiger partial charge >= 0.3 is 11.9 Å². The number of aryl methyl sites for hydroxylation is 1.